The molecule has 0 bridgehead atoms. The van der Waals surface area contributed by atoms with Gasteiger partial charge < -0.3 is 37.0 Å². The Labute approximate surface area is 198 Å². The average molecular weight is 478 g/mol. The topological polar surface area (TPSA) is 204 Å². The fourth-order valence-corrected chi connectivity index (χ4v) is 5.84. The van der Waals surface area contributed by atoms with Crippen LogP contribution in [0.2, 0.25) is 0 Å². The summed E-state index contributed by atoms with van der Waals surface area (Å²) in [5.41, 5.74) is 7.56. The number of hydrogen-bond donors (Lipinski definition) is 7. The number of Topliss-reactive ketones (excluding diaryl/α,β-unsaturated/α-hetero) is 2. The second kappa shape index (κ2) is 7.51. The number of benzene rings is 2. The highest BCUT2D eigenvalue weighted by Crippen LogP contribution is 2.56. The number of rotatable bonds is 2. The van der Waals surface area contributed by atoms with Crippen LogP contribution in [0.3, 0.4) is 0 Å². The molecule has 6 atom stereocenters. The van der Waals surface area contributed by atoms with Crippen LogP contribution >= 0.6 is 0 Å². The second-order valence-corrected chi connectivity index (χ2v) is 9.01. The summed E-state index contributed by atoms with van der Waals surface area (Å²) in [4.78, 5) is 38.7. The summed E-state index contributed by atoms with van der Waals surface area (Å²) >= 11 is 0. The smallest absolute Gasteiger partial charge is 0.255 e. The standard InChI is InChI=1S/C25H22N2O8/c26-18-17-20(30)14-12(9-5-2-1-3-6-9)10-7-4-8-11(28)13(10)19(29)15(14)22(32)25(17,35)23(33)16(21(18)31)24(27)34/h1-8,12,14,17-18,20,28,30-32,35H,26H2,(H2,27,34)/t12-,14+,17+,18-,20-,25-/m0/s1. The normalized spacial score (nSPS) is 32.1. The fraction of sp³-hybridized carbons (Fsp3) is 0.240. The maximum Gasteiger partial charge on any atom is 0.255 e. The van der Waals surface area contributed by atoms with E-state index < -0.39 is 81.4 Å². The molecule has 180 valence electrons. The number of fused-ring (bicyclic) bond motifs is 3. The van der Waals surface area contributed by atoms with E-state index in [4.69, 9.17) is 11.5 Å². The molecule has 0 unspecified atom stereocenters. The molecule has 35 heavy (non-hydrogen) atoms. The molecule has 0 saturated carbocycles. The fourth-order valence-electron chi connectivity index (χ4n) is 5.84. The Morgan fingerprint density at radius 1 is 0.971 bits per heavy atom. The average Bonchev–Trinajstić information content (AvgIpc) is 2.82. The largest absolute Gasteiger partial charge is 0.510 e. The van der Waals surface area contributed by atoms with Gasteiger partial charge >= 0.3 is 0 Å². The highest BCUT2D eigenvalue weighted by molar-refractivity contribution is 6.25. The quantitative estimate of drug-likeness (QED) is 0.291. The van der Waals surface area contributed by atoms with Crippen LogP contribution in [0.15, 0.2) is 71.2 Å². The van der Waals surface area contributed by atoms with Crippen LogP contribution in [0.5, 0.6) is 5.75 Å². The van der Waals surface area contributed by atoms with Gasteiger partial charge in [0.2, 0.25) is 5.78 Å². The van der Waals surface area contributed by atoms with Gasteiger partial charge in [-0.25, -0.2) is 0 Å². The molecule has 10 heteroatoms. The molecule has 10 nitrogen and oxygen atoms in total. The molecule has 0 saturated heterocycles. The Kier molecular flexibility index (Phi) is 4.89. The van der Waals surface area contributed by atoms with Gasteiger partial charge in [0.1, 0.15) is 22.8 Å². The Morgan fingerprint density at radius 3 is 2.26 bits per heavy atom. The van der Waals surface area contributed by atoms with E-state index in [0.29, 0.717) is 11.1 Å². The summed E-state index contributed by atoms with van der Waals surface area (Å²) in [6.45, 7) is 0. The van der Waals surface area contributed by atoms with Gasteiger partial charge in [0.15, 0.2) is 11.4 Å². The van der Waals surface area contributed by atoms with E-state index in [9.17, 15) is 39.9 Å². The summed E-state index contributed by atoms with van der Waals surface area (Å²) in [5.74, 6) is -9.95. The number of hydrogen-bond acceptors (Lipinski definition) is 9. The minimum Gasteiger partial charge on any atom is -0.510 e. The summed E-state index contributed by atoms with van der Waals surface area (Å²) in [6.07, 6.45) is -1.74. The lowest BCUT2D eigenvalue weighted by Crippen LogP contribution is -2.68. The molecule has 9 N–H and O–H groups in total. The molecule has 5 rings (SSSR count). The van der Waals surface area contributed by atoms with E-state index >= 15 is 0 Å². The van der Waals surface area contributed by atoms with Gasteiger partial charge in [-0.1, -0.05) is 42.5 Å². The first kappa shape index (κ1) is 22.8. The molecular formula is C25H22N2O8. The Morgan fingerprint density at radius 2 is 1.63 bits per heavy atom. The van der Waals surface area contributed by atoms with Crippen molar-refractivity contribution < 1.29 is 39.9 Å². The number of aliphatic hydroxyl groups is 4. The van der Waals surface area contributed by atoms with Gasteiger partial charge in [-0.3, -0.25) is 14.4 Å². The number of primary amides is 1. The number of carbonyl (C=O) groups is 3. The molecule has 0 aliphatic heterocycles. The third-order valence-electron chi connectivity index (χ3n) is 7.35. The van der Waals surface area contributed by atoms with E-state index in [1.54, 1.807) is 36.4 Å². The van der Waals surface area contributed by atoms with Crippen molar-refractivity contribution >= 4 is 17.5 Å². The molecule has 2 aromatic rings. The van der Waals surface area contributed by atoms with Gasteiger partial charge in [-0.2, -0.15) is 0 Å². The van der Waals surface area contributed by atoms with Gasteiger partial charge in [-0.15, -0.1) is 0 Å². The Balaban J connectivity index is 1.85. The van der Waals surface area contributed by atoms with Crippen molar-refractivity contribution in [1.29, 1.82) is 0 Å². The number of nitrogens with two attached hydrogens (primary N) is 2. The maximum atomic E-state index is 13.6. The first-order valence-corrected chi connectivity index (χ1v) is 10.8. The Bertz CT molecular complexity index is 1360. The van der Waals surface area contributed by atoms with E-state index in [1.165, 1.54) is 12.1 Å². The monoisotopic (exact) mass is 478 g/mol. The van der Waals surface area contributed by atoms with Gasteiger partial charge in [0, 0.05) is 17.4 Å². The predicted octanol–water partition coefficient (Wildman–Crippen LogP) is 0.0779. The lowest BCUT2D eigenvalue weighted by atomic mass is 9.54. The van der Waals surface area contributed by atoms with Crippen LogP contribution in [-0.4, -0.2) is 60.8 Å². The minimum atomic E-state index is -3.01. The van der Waals surface area contributed by atoms with Crippen molar-refractivity contribution in [3.63, 3.8) is 0 Å². The molecule has 0 spiro atoms. The first-order valence-electron chi connectivity index (χ1n) is 10.8. The van der Waals surface area contributed by atoms with Crippen molar-refractivity contribution in [2.45, 2.75) is 23.7 Å². The number of ketones is 2. The first-order chi connectivity index (χ1) is 16.5. The molecule has 0 heterocycles. The zero-order chi connectivity index (χ0) is 25.4. The number of aromatic hydroxyl groups is 1. The summed E-state index contributed by atoms with van der Waals surface area (Å²) in [6, 6.07) is 11.4. The third-order valence-corrected chi connectivity index (χ3v) is 7.35. The van der Waals surface area contributed by atoms with Crippen molar-refractivity contribution in [3.8, 4) is 5.75 Å². The van der Waals surface area contributed by atoms with Crippen molar-refractivity contribution in [1.82, 2.24) is 0 Å². The molecule has 3 aliphatic rings. The molecular weight excluding hydrogens is 456 g/mol. The van der Waals surface area contributed by atoms with Crippen LogP contribution in [-0.2, 0) is 9.59 Å². The summed E-state index contributed by atoms with van der Waals surface area (Å²) in [5, 5.41) is 55.3. The highest BCUT2D eigenvalue weighted by Gasteiger charge is 2.66. The second-order valence-electron chi connectivity index (χ2n) is 9.01. The Hall–Kier alpha value is -3.99. The number of amides is 1. The lowest BCUT2D eigenvalue weighted by Gasteiger charge is -2.52. The maximum absolute atomic E-state index is 13.6. The molecule has 3 aliphatic carbocycles. The SMILES string of the molecule is NC(=O)C1=C(O)[C@@H](N)[C@@H]2[C@@H](O)[C@H]3C(=C(O)[C@]2(O)C1=O)C(=O)c1c(O)cccc1[C@@H]3c1ccccc1. The number of aliphatic hydroxyl groups excluding tert-OH is 3. The summed E-state index contributed by atoms with van der Waals surface area (Å²) in [7, 11) is 0. The zero-order valence-electron chi connectivity index (χ0n) is 18.1. The van der Waals surface area contributed by atoms with Gasteiger partial charge in [0.05, 0.1) is 23.6 Å². The van der Waals surface area contributed by atoms with E-state index in [1.807, 2.05) is 0 Å². The van der Waals surface area contributed by atoms with Crippen molar-refractivity contribution in [2.24, 2.45) is 23.3 Å². The molecule has 0 fully saturated rings. The van der Waals surface area contributed by atoms with Crippen LogP contribution in [0, 0.1) is 11.8 Å². The van der Waals surface area contributed by atoms with E-state index in [0.717, 1.165) is 0 Å². The number of phenols is 1. The van der Waals surface area contributed by atoms with E-state index in [-0.39, 0.29) is 5.56 Å². The molecule has 0 aromatic heterocycles. The van der Waals surface area contributed by atoms with Gasteiger partial charge in [-0.05, 0) is 17.2 Å². The summed E-state index contributed by atoms with van der Waals surface area (Å²) < 4.78 is 0. The van der Waals surface area contributed by atoms with Gasteiger partial charge in [0.25, 0.3) is 5.91 Å². The van der Waals surface area contributed by atoms with Crippen LogP contribution in [0.25, 0.3) is 0 Å². The highest BCUT2D eigenvalue weighted by atomic mass is 16.4. The third kappa shape index (κ3) is 2.78. The molecule has 2 aromatic carbocycles. The van der Waals surface area contributed by atoms with Crippen LogP contribution in [0.4, 0.5) is 0 Å². The number of carbonyl (C=O) groups excluding carboxylic acids is 3. The van der Waals surface area contributed by atoms with E-state index in [2.05, 4.69) is 0 Å². The molecule has 0 radical (unpaired) electrons. The van der Waals surface area contributed by atoms with Crippen molar-refractivity contribution in [2.75, 3.05) is 0 Å². The lowest BCUT2D eigenvalue weighted by molar-refractivity contribution is -0.156. The predicted molar refractivity (Wildman–Crippen MR) is 120 cm³/mol. The molecule has 1 amide bonds. The zero-order valence-corrected chi connectivity index (χ0v) is 18.1. The van der Waals surface area contributed by atoms with Crippen LogP contribution in [0.1, 0.15) is 27.4 Å². The minimum absolute atomic E-state index is 0.158. The van der Waals surface area contributed by atoms with Crippen molar-refractivity contribution in [3.05, 3.63) is 87.9 Å². The number of phenolic OH excluding ortho intramolecular Hbond substituents is 1. The van der Waals surface area contributed by atoms with Crippen LogP contribution < -0.4 is 11.5 Å².